The van der Waals surface area contributed by atoms with Gasteiger partial charge in [-0.15, -0.1) is 0 Å². The first kappa shape index (κ1) is 28.5. The third-order valence-electron chi connectivity index (χ3n) is 2.55. The van der Waals surface area contributed by atoms with Crippen LogP contribution in [-0.4, -0.2) is 0 Å². The summed E-state index contributed by atoms with van der Waals surface area (Å²) in [7, 11) is 0. The summed E-state index contributed by atoms with van der Waals surface area (Å²) < 4.78 is 0. The van der Waals surface area contributed by atoms with Crippen LogP contribution in [-0.2, 0) is 0 Å². The molecular weight excluding hydrogens is 312 g/mol. The summed E-state index contributed by atoms with van der Waals surface area (Å²) in [6, 6.07) is 32.5. The zero-order valence-corrected chi connectivity index (χ0v) is 18.2. The van der Waals surface area contributed by atoms with Gasteiger partial charge < -0.3 is 0 Å². The lowest BCUT2D eigenvalue weighted by Crippen LogP contribution is -1.62. The van der Waals surface area contributed by atoms with Gasteiger partial charge in [0.25, 0.3) is 0 Å². The summed E-state index contributed by atoms with van der Waals surface area (Å²) in [4.78, 5) is 0. The summed E-state index contributed by atoms with van der Waals surface area (Å²) >= 11 is 0. The molecule has 144 valence electrons. The molecule has 0 aromatic heterocycles. The van der Waals surface area contributed by atoms with Crippen molar-refractivity contribution in [3.63, 3.8) is 0 Å². The molecule has 3 aromatic carbocycles. The minimum atomic E-state index is 1.32. The largest absolute Gasteiger partial charge is 0.0683 e. The van der Waals surface area contributed by atoms with Crippen molar-refractivity contribution < 1.29 is 0 Å². The third kappa shape index (κ3) is 23.9. The van der Waals surface area contributed by atoms with E-state index in [4.69, 9.17) is 0 Å². The van der Waals surface area contributed by atoms with E-state index in [0.717, 1.165) is 0 Å². The Bertz CT molecular complexity index is 463. The molecule has 0 aliphatic carbocycles. The molecular formula is C26H40. The monoisotopic (exact) mass is 352 g/mol. The fourth-order valence-corrected chi connectivity index (χ4v) is 1.45. The molecule has 0 unspecified atom stereocenters. The molecule has 0 aliphatic heterocycles. The van der Waals surface area contributed by atoms with Crippen LogP contribution in [0.4, 0.5) is 0 Å². The lowest BCUT2D eigenvalue weighted by Gasteiger charge is -1.82. The Balaban J connectivity index is -0.000000267. The van der Waals surface area contributed by atoms with E-state index in [-0.39, 0.29) is 0 Å². The van der Waals surface area contributed by atoms with Gasteiger partial charge in [0, 0.05) is 0 Å². The zero-order chi connectivity index (χ0) is 20.5. The molecule has 0 atom stereocenters. The quantitative estimate of drug-likeness (QED) is 0.379. The number of hydrogen-bond donors (Lipinski definition) is 0. The van der Waals surface area contributed by atoms with Crippen molar-refractivity contribution in [2.75, 3.05) is 0 Å². The van der Waals surface area contributed by atoms with Crippen molar-refractivity contribution in [2.24, 2.45) is 0 Å². The van der Waals surface area contributed by atoms with Gasteiger partial charge in [-0.3, -0.25) is 0 Å². The molecule has 0 amide bonds. The van der Waals surface area contributed by atoms with Gasteiger partial charge in [0.05, 0.1) is 0 Å². The highest BCUT2D eigenvalue weighted by molar-refractivity contribution is 5.12. The number of benzene rings is 3. The first-order valence-electron chi connectivity index (χ1n) is 9.82. The summed E-state index contributed by atoms with van der Waals surface area (Å²) in [5.41, 5.74) is 2.64. The molecule has 0 aliphatic rings. The lowest BCUT2D eigenvalue weighted by molar-refractivity contribution is 1.48. The minimum Gasteiger partial charge on any atom is -0.0683 e. The molecule has 26 heavy (non-hydrogen) atoms. The van der Waals surface area contributed by atoms with Crippen LogP contribution >= 0.6 is 0 Å². The van der Waals surface area contributed by atoms with Gasteiger partial charge in [0.15, 0.2) is 0 Å². The first-order chi connectivity index (χ1) is 12.8. The van der Waals surface area contributed by atoms with Crippen molar-refractivity contribution >= 4 is 0 Å². The normalized spacial score (nSPS) is 7.23. The van der Waals surface area contributed by atoms with Gasteiger partial charge in [0.1, 0.15) is 0 Å². The van der Waals surface area contributed by atoms with Crippen molar-refractivity contribution in [1.29, 1.82) is 0 Å². The Labute approximate surface area is 163 Å². The molecule has 0 nitrogen and oxygen atoms in total. The molecule has 0 bridgehead atoms. The van der Waals surface area contributed by atoms with E-state index in [2.05, 4.69) is 38.1 Å². The van der Waals surface area contributed by atoms with E-state index in [0.29, 0.717) is 0 Å². The molecule has 3 aromatic rings. The van der Waals surface area contributed by atoms with E-state index < -0.39 is 0 Å². The minimum absolute atomic E-state index is 1.32. The predicted octanol–water partition coefficient (Wildman–Crippen LogP) is 8.76. The van der Waals surface area contributed by atoms with Crippen molar-refractivity contribution in [1.82, 2.24) is 0 Å². The van der Waals surface area contributed by atoms with E-state index in [9.17, 15) is 0 Å². The Kier molecular flexibility index (Phi) is 30.1. The van der Waals surface area contributed by atoms with Crippen LogP contribution in [0.1, 0.15) is 52.7 Å². The van der Waals surface area contributed by atoms with Gasteiger partial charge in [-0.1, -0.05) is 150 Å². The second kappa shape index (κ2) is 27.5. The summed E-state index contributed by atoms with van der Waals surface area (Å²) in [6.07, 6.45) is 0. The van der Waals surface area contributed by atoms with Crippen molar-refractivity contribution in [3.8, 4) is 0 Å². The maximum Gasteiger partial charge on any atom is -0.0398 e. The topological polar surface area (TPSA) is 0 Å². The standard InChI is InChI=1S/2C7H8.C6H6.3C2H6/c2*1-7-5-3-2-4-6-7;1-2-4-6-5-3-1;3*1-2/h2*2-6H,1H3;1-6H;3*1-2H3. The molecule has 0 spiro atoms. The maximum atomic E-state index is 2.08. The Morgan fingerprint density at radius 2 is 0.462 bits per heavy atom. The first-order valence-corrected chi connectivity index (χ1v) is 9.82. The molecule has 0 N–H and O–H groups in total. The smallest absolute Gasteiger partial charge is 0.0398 e. The fraction of sp³-hybridized carbons (Fsp3) is 0.308. The molecule has 0 saturated heterocycles. The predicted molar refractivity (Wildman–Crippen MR) is 123 cm³/mol. The number of rotatable bonds is 0. The highest BCUT2D eigenvalue weighted by atomic mass is 13.8. The average molecular weight is 353 g/mol. The van der Waals surface area contributed by atoms with E-state index in [1.165, 1.54) is 11.1 Å². The summed E-state index contributed by atoms with van der Waals surface area (Å²) in [5, 5.41) is 0. The number of aryl methyl sites for hydroxylation is 2. The molecule has 0 radical (unpaired) electrons. The van der Waals surface area contributed by atoms with Crippen LogP contribution in [0, 0.1) is 13.8 Å². The maximum absolute atomic E-state index is 2.08. The second-order valence-electron chi connectivity index (χ2n) is 4.46. The molecule has 0 saturated carbocycles. The highest BCUT2D eigenvalue weighted by Crippen LogP contribution is 1.92. The highest BCUT2D eigenvalue weighted by Gasteiger charge is 1.72. The molecule has 0 heterocycles. The summed E-state index contributed by atoms with van der Waals surface area (Å²) in [6.45, 7) is 16.2. The van der Waals surface area contributed by atoms with Gasteiger partial charge in [-0.05, 0) is 13.8 Å². The number of hydrogen-bond acceptors (Lipinski definition) is 0. The van der Waals surface area contributed by atoms with Gasteiger partial charge in [0.2, 0.25) is 0 Å². The van der Waals surface area contributed by atoms with Crippen LogP contribution in [0.3, 0.4) is 0 Å². The fourth-order valence-electron chi connectivity index (χ4n) is 1.45. The van der Waals surface area contributed by atoms with E-state index >= 15 is 0 Å². The Morgan fingerprint density at radius 3 is 0.577 bits per heavy atom. The van der Waals surface area contributed by atoms with Crippen LogP contribution < -0.4 is 0 Å². The SMILES string of the molecule is CC.CC.CC.Cc1ccccc1.Cc1ccccc1.c1ccccc1. The van der Waals surface area contributed by atoms with Crippen molar-refractivity contribution in [3.05, 3.63) is 108 Å². The Morgan fingerprint density at radius 1 is 0.308 bits per heavy atom. The zero-order valence-electron chi connectivity index (χ0n) is 18.2. The van der Waals surface area contributed by atoms with Crippen LogP contribution in [0.2, 0.25) is 0 Å². The van der Waals surface area contributed by atoms with Crippen LogP contribution in [0.15, 0.2) is 97.1 Å². The van der Waals surface area contributed by atoms with E-state index in [1.807, 2.05) is 114 Å². The average Bonchev–Trinajstić information content (AvgIpc) is 2.76. The van der Waals surface area contributed by atoms with Crippen LogP contribution in [0.5, 0.6) is 0 Å². The molecule has 0 fully saturated rings. The molecule has 0 heteroatoms. The third-order valence-corrected chi connectivity index (χ3v) is 2.55. The molecule has 3 rings (SSSR count). The van der Waals surface area contributed by atoms with Gasteiger partial charge >= 0.3 is 0 Å². The second-order valence-corrected chi connectivity index (χ2v) is 4.46. The van der Waals surface area contributed by atoms with Crippen molar-refractivity contribution in [2.45, 2.75) is 55.4 Å². The van der Waals surface area contributed by atoms with Gasteiger partial charge in [-0.2, -0.15) is 0 Å². The van der Waals surface area contributed by atoms with Gasteiger partial charge in [-0.25, -0.2) is 0 Å². The Hall–Kier alpha value is -2.34. The summed E-state index contributed by atoms with van der Waals surface area (Å²) in [5.74, 6) is 0. The lowest BCUT2D eigenvalue weighted by atomic mass is 10.2. The van der Waals surface area contributed by atoms with Crippen LogP contribution in [0.25, 0.3) is 0 Å². The van der Waals surface area contributed by atoms with E-state index in [1.54, 1.807) is 0 Å².